The fourth-order valence-corrected chi connectivity index (χ4v) is 3.47. The van der Waals surface area contributed by atoms with Gasteiger partial charge in [0.25, 0.3) is 0 Å². The minimum atomic E-state index is -0.432. The third kappa shape index (κ3) is 5.51. The van der Waals surface area contributed by atoms with E-state index in [1.807, 2.05) is 6.07 Å². The number of amides is 1. The first-order valence-corrected chi connectivity index (χ1v) is 9.69. The van der Waals surface area contributed by atoms with Crippen molar-refractivity contribution in [1.82, 2.24) is 10.2 Å². The molecule has 4 nitrogen and oxygen atoms in total. The molecule has 1 heterocycles. The van der Waals surface area contributed by atoms with Gasteiger partial charge in [0.1, 0.15) is 5.82 Å². The summed E-state index contributed by atoms with van der Waals surface area (Å²) in [4.78, 5) is 14.9. The third-order valence-electron chi connectivity index (χ3n) is 4.89. The van der Waals surface area contributed by atoms with E-state index in [1.54, 1.807) is 6.92 Å². The van der Waals surface area contributed by atoms with E-state index in [-0.39, 0.29) is 10.9 Å². The first-order valence-electron chi connectivity index (χ1n) is 9.31. The smallest absolute Gasteiger partial charge is 0.241 e. The average Bonchev–Trinajstić information content (AvgIpc) is 3.16. The van der Waals surface area contributed by atoms with Gasteiger partial charge in [-0.1, -0.05) is 35.9 Å². The molecule has 6 heteroatoms. The van der Waals surface area contributed by atoms with Crippen LogP contribution in [0.5, 0.6) is 0 Å². The van der Waals surface area contributed by atoms with Crippen molar-refractivity contribution in [3.63, 3.8) is 0 Å². The summed E-state index contributed by atoms with van der Waals surface area (Å²) in [6.07, 6.45) is 2.53. The van der Waals surface area contributed by atoms with E-state index in [2.05, 4.69) is 33.7 Å². The zero-order chi connectivity index (χ0) is 19.2. The molecule has 2 aromatic carbocycles. The molecule has 1 amide bonds. The third-order valence-corrected chi connectivity index (χ3v) is 5.20. The van der Waals surface area contributed by atoms with Gasteiger partial charge in [-0.25, -0.2) is 4.39 Å². The highest BCUT2D eigenvalue weighted by Gasteiger charge is 2.16. The number of anilines is 1. The first-order chi connectivity index (χ1) is 13.0. The fraction of sp³-hybridized carbons (Fsp3) is 0.381. The van der Waals surface area contributed by atoms with Gasteiger partial charge in [0, 0.05) is 13.1 Å². The summed E-state index contributed by atoms with van der Waals surface area (Å²) >= 11 is 5.97. The molecule has 27 heavy (non-hydrogen) atoms. The maximum absolute atomic E-state index is 13.1. The van der Waals surface area contributed by atoms with Crippen molar-refractivity contribution in [2.24, 2.45) is 0 Å². The van der Waals surface area contributed by atoms with E-state index in [0.717, 1.165) is 19.6 Å². The van der Waals surface area contributed by atoms with Gasteiger partial charge >= 0.3 is 0 Å². The SMILES string of the molecule is C[C@@H](NCc1ccccc1CN1CCCC1)C(=O)Nc1ccc(F)cc1Cl. The Bertz CT molecular complexity index is 793. The molecule has 0 aromatic heterocycles. The molecule has 0 spiro atoms. The Kier molecular flexibility index (Phi) is 6.83. The maximum Gasteiger partial charge on any atom is 0.241 e. The van der Waals surface area contributed by atoms with Crippen LogP contribution in [0, 0.1) is 5.82 Å². The molecular formula is C21H25ClFN3O. The summed E-state index contributed by atoms with van der Waals surface area (Å²) in [6, 6.07) is 11.8. The highest BCUT2D eigenvalue weighted by molar-refractivity contribution is 6.33. The maximum atomic E-state index is 13.1. The number of nitrogens with zero attached hydrogens (tertiary/aromatic N) is 1. The predicted molar refractivity (Wildman–Crippen MR) is 107 cm³/mol. The molecule has 2 aromatic rings. The molecule has 0 aliphatic carbocycles. The Hall–Kier alpha value is -1.95. The Morgan fingerprint density at radius 1 is 1.19 bits per heavy atom. The molecule has 2 N–H and O–H groups in total. The van der Waals surface area contributed by atoms with Crippen molar-refractivity contribution in [2.75, 3.05) is 18.4 Å². The van der Waals surface area contributed by atoms with Crippen LogP contribution < -0.4 is 10.6 Å². The Labute approximate surface area is 164 Å². The van der Waals surface area contributed by atoms with Crippen molar-refractivity contribution in [3.05, 3.63) is 64.4 Å². The largest absolute Gasteiger partial charge is 0.323 e. The van der Waals surface area contributed by atoms with Crippen molar-refractivity contribution in [1.29, 1.82) is 0 Å². The number of carbonyl (C=O) groups is 1. The molecule has 0 radical (unpaired) electrons. The van der Waals surface area contributed by atoms with Gasteiger partial charge in [0.2, 0.25) is 5.91 Å². The van der Waals surface area contributed by atoms with E-state index in [4.69, 9.17) is 11.6 Å². The van der Waals surface area contributed by atoms with Crippen LogP contribution in [0.15, 0.2) is 42.5 Å². The summed E-state index contributed by atoms with van der Waals surface area (Å²) in [6.45, 7) is 5.66. The fourth-order valence-electron chi connectivity index (χ4n) is 3.25. The summed E-state index contributed by atoms with van der Waals surface area (Å²) in [5.74, 6) is -0.640. The lowest BCUT2D eigenvalue weighted by atomic mass is 10.1. The second-order valence-electron chi connectivity index (χ2n) is 6.97. The monoisotopic (exact) mass is 389 g/mol. The van der Waals surface area contributed by atoms with Crippen LogP contribution >= 0.6 is 11.6 Å². The zero-order valence-corrected chi connectivity index (χ0v) is 16.2. The van der Waals surface area contributed by atoms with Crippen LogP contribution in [-0.2, 0) is 17.9 Å². The summed E-state index contributed by atoms with van der Waals surface area (Å²) in [5.41, 5.74) is 2.90. The van der Waals surface area contributed by atoms with Crippen molar-refractivity contribution >= 4 is 23.2 Å². The van der Waals surface area contributed by atoms with Crippen LogP contribution in [0.1, 0.15) is 30.9 Å². The van der Waals surface area contributed by atoms with E-state index in [9.17, 15) is 9.18 Å². The minimum absolute atomic E-state index is 0.187. The van der Waals surface area contributed by atoms with Crippen LogP contribution in [-0.4, -0.2) is 29.9 Å². The second kappa shape index (κ2) is 9.31. The van der Waals surface area contributed by atoms with Gasteiger partial charge in [-0.3, -0.25) is 9.69 Å². The van der Waals surface area contributed by atoms with E-state index in [1.165, 1.54) is 42.2 Å². The van der Waals surface area contributed by atoms with Gasteiger partial charge in [-0.05, 0) is 62.2 Å². The molecule has 1 atom stereocenters. The van der Waals surface area contributed by atoms with Crippen LogP contribution in [0.4, 0.5) is 10.1 Å². The number of hydrogen-bond donors (Lipinski definition) is 2. The first kappa shape index (κ1) is 19.8. The Morgan fingerprint density at radius 3 is 2.59 bits per heavy atom. The average molecular weight is 390 g/mol. The molecule has 3 rings (SSSR count). The lowest BCUT2D eigenvalue weighted by Crippen LogP contribution is -2.38. The molecular weight excluding hydrogens is 365 g/mol. The summed E-state index contributed by atoms with van der Waals surface area (Å²) in [7, 11) is 0. The molecule has 0 saturated carbocycles. The number of rotatable bonds is 7. The van der Waals surface area contributed by atoms with Crippen LogP contribution in [0.2, 0.25) is 5.02 Å². The van der Waals surface area contributed by atoms with E-state index in [0.29, 0.717) is 12.2 Å². The van der Waals surface area contributed by atoms with Crippen molar-refractivity contribution < 1.29 is 9.18 Å². The van der Waals surface area contributed by atoms with Crippen LogP contribution in [0.3, 0.4) is 0 Å². The highest BCUT2D eigenvalue weighted by atomic mass is 35.5. The molecule has 1 aliphatic rings. The number of nitrogens with one attached hydrogen (secondary N) is 2. The number of carbonyl (C=O) groups excluding carboxylic acids is 1. The number of halogens is 2. The number of benzene rings is 2. The Balaban J connectivity index is 1.56. The lowest BCUT2D eigenvalue weighted by molar-refractivity contribution is -0.117. The predicted octanol–water partition coefficient (Wildman–Crippen LogP) is 4.19. The Morgan fingerprint density at radius 2 is 1.89 bits per heavy atom. The van der Waals surface area contributed by atoms with Gasteiger partial charge < -0.3 is 10.6 Å². The molecule has 0 bridgehead atoms. The van der Waals surface area contributed by atoms with Gasteiger partial charge in [-0.2, -0.15) is 0 Å². The number of likely N-dealkylation sites (tertiary alicyclic amines) is 1. The normalized spacial score (nSPS) is 15.7. The molecule has 1 saturated heterocycles. The lowest BCUT2D eigenvalue weighted by Gasteiger charge is -2.19. The molecule has 1 fully saturated rings. The minimum Gasteiger partial charge on any atom is -0.323 e. The second-order valence-corrected chi connectivity index (χ2v) is 7.38. The molecule has 0 unspecified atom stereocenters. The zero-order valence-electron chi connectivity index (χ0n) is 15.5. The number of hydrogen-bond acceptors (Lipinski definition) is 3. The quantitative estimate of drug-likeness (QED) is 0.746. The topological polar surface area (TPSA) is 44.4 Å². The van der Waals surface area contributed by atoms with Crippen LogP contribution in [0.25, 0.3) is 0 Å². The highest BCUT2D eigenvalue weighted by Crippen LogP contribution is 2.22. The standard InChI is InChI=1S/C21H25ClFN3O/c1-15(21(27)25-20-9-8-18(23)12-19(20)22)24-13-16-6-2-3-7-17(16)14-26-10-4-5-11-26/h2-3,6-9,12,15,24H,4-5,10-11,13-14H2,1H3,(H,25,27)/t15-/m1/s1. The van der Waals surface area contributed by atoms with Crippen molar-refractivity contribution in [3.8, 4) is 0 Å². The summed E-state index contributed by atoms with van der Waals surface area (Å²) < 4.78 is 13.1. The van der Waals surface area contributed by atoms with Gasteiger partial charge in [0.05, 0.1) is 16.8 Å². The summed E-state index contributed by atoms with van der Waals surface area (Å²) in [5, 5.41) is 6.19. The van der Waals surface area contributed by atoms with E-state index >= 15 is 0 Å². The van der Waals surface area contributed by atoms with Crippen molar-refractivity contribution in [2.45, 2.75) is 38.9 Å². The molecule has 1 aliphatic heterocycles. The van der Waals surface area contributed by atoms with E-state index < -0.39 is 11.9 Å². The van der Waals surface area contributed by atoms with Gasteiger partial charge in [-0.15, -0.1) is 0 Å². The molecule has 144 valence electrons. The van der Waals surface area contributed by atoms with Gasteiger partial charge in [0.15, 0.2) is 0 Å².